The van der Waals surface area contributed by atoms with Crippen LogP contribution in [0.5, 0.6) is 0 Å². The number of hydrogen-bond acceptors (Lipinski definition) is 5. The zero-order valence-electron chi connectivity index (χ0n) is 18.5. The van der Waals surface area contributed by atoms with Crippen molar-refractivity contribution in [3.8, 4) is 0 Å². The summed E-state index contributed by atoms with van der Waals surface area (Å²) in [7, 11) is 0. The van der Waals surface area contributed by atoms with E-state index in [0.717, 1.165) is 5.56 Å². The fraction of sp³-hybridized carbons (Fsp3) is 0.682. The Balaban J connectivity index is 2.59. The molecule has 1 amide bonds. The van der Waals surface area contributed by atoms with Crippen LogP contribution < -0.4 is 5.32 Å². The molecule has 0 aromatic heterocycles. The number of alkyl carbamates (subject to hydrolysis) is 1. The molecule has 2 atom stereocenters. The van der Waals surface area contributed by atoms with Crippen LogP contribution >= 0.6 is 22.6 Å². The average Bonchev–Trinajstić information content (AvgIpc) is 2.60. The van der Waals surface area contributed by atoms with Gasteiger partial charge in [-0.1, -0.05) is 73.7 Å². The Morgan fingerprint density at radius 1 is 1.03 bits per heavy atom. The second-order valence-electron chi connectivity index (χ2n) is 9.13. The molecule has 6 nitrogen and oxygen atoms in total. The molecule has 0 fully saturated rings. The second kappa shape index (κ2) is 12.7. The summed E-state index contributed by atoms with van der Waals surface area (Å²) in [4.78, 5) is 12.2. The van der Waals surface area contributed by atoms with Crippen molar-refractivity contribution in [3.63, 3.8) is 0 Å². The topological polar surface area (TPSA) is 66.0 Å². The Morgan fingerprint density at radius 2 is 1.69 bits per heavy atom. The van der Waals surface area contributed by atoms with Crippen molar-refractivity contribution in [3.05, 3.63) is 35.9 Å². The number of nitrogens with one attached hydrogen (secondary N) is 1. The van der Waals surface area contributed by atoms with E-state index in [-0.39, 0.29) is 24.4 Å². The number of hydrogen-bond donors (Lipinski definition) is 1. The maximum Gasteiger partial charge on any atom is 0.408 e. The highest BCUT2D eigenvalue weighted by molar-refractivity contribution is 14.1. The number of rotatable bonds is 11. The molecular weight excluding hydrogens is 485 g/mol. The summed E-state index contributed by atoms with van der Waals surface area (Å²) in [5, 5.41) is 2.84. The minimum Gasteiger partial charge on any atom is -0.444 e. The number of benzene rings is 1. The van der Waals surface area contributed by atoms with Gasteiger partial charge in [-0.15, -0.1) is 0 Å². The zero-order chi connectivity index (χ0) is 21.9. The first-order valence-electron chi connectivity index (χ1n) is 9.89. The number of halogens is 1. The van der Waals surface area contributed by atoms with Crippen LogP contribution in [0, 0.1) is 5.41 Å². The van der Waals surface area contributed by atoms with Gasteiger partial charge in [0.05, 0.1) is 36.9 Å². The van der Waals surface area contributed by atoms with Crippen LogP contribution in [-0.4, -0.2) is 48.3 Å². The molecule has 0 spiro atoms. The van der Waals surface area contributed by atoms with E-state index in [1.807, 2.05) is 51.1 Å². The van der Waals surface area contributed by atoms with Gasteiger partial charge in [0, 0.05) is 0 Å². The normalized spacial score (nSPS) is 14.3. The standard InChI is InChI=1S/C22H36INO5/c1-21(2,3)16-28-19(12-23)27-15-18(24-20(25)29-22(4,5)6)14-26-13-17-10-8-7-9-11-17/h7-11,18-19H,12-16H2,1-6H3,(H,24,25)/t18?,19-/m1/s1. The third kappa shape index (κ3) is 13.9. The Labute approximate surface area is 189 Å². The first-order valence-corrected chi connectivity index (χ1v) is 11.4. The lowest BCUT2D eigenvalue weighted by Gasteiger charge is -2.26. The molecule has 1 unspecified atom stereocenters. The van der Waals surface area contributed by atoms with Gasteiger partial charge in [0.15, 0.2) is 6.29 Å². The van der Waals surface area contributed by atoms with Gasteiger partial charge in [0.25, 0.3) is 0 Å². The predicted octanol–water partition coefficient (Wildman–Crippen LogP) is 4.94. The van der Waals surface area contributed by atoms with Gasteiger partial charge in [0.2, 0.25) is 0 Å². The monoisotopic (exact) mass is 521 g/mol. The first-order chi connectivity index (χ1) is 13.5. The predicted molar refractivity (Wildman–Crippen MR) is 123 cm³/mol. The molecule has 1 rings (SSSR count). The fourth-order valence-corrected chi connectivity index (χ4v) is 2.71. The van der Waals surface area contributed by atoms with Crippen molar-refractivity contribution >= 4 is 28.7 Å². The quantitative estimate of drug-likeness (QED) is 0.254. The van der Waals surface area contributed by atoms with Crippen molar-refractivity contribution in [1.82, 2.24) is 5.32 Å². The van der Waals surface area contributed by atoms with Crippen LogP contribution in [0.2, 0.25) is 0 Å². The van der Waals surface area contributed by atoms with Crippen LogP contribution in [0.25, 0.3) is 0 Å². The maximum absolute atomic E-state index is 12.2. The van der Waals surface area contributed by atoms with E-state index in [4.69, 9.17) is 18.9 Å². The Kier molecular flexibility index (Phi) is 11.5. The third-order valence-electron chi connectivity index (χ3n) is 3.46. The van der Waals surface area contributed by atoms with Gasteiger partial charge in [-0.25, -0.2) is 4.79 Å². The minimum absolute atomic E-state index is 0.0559. The van der Waals surface area contributed by atoms with Crippen LogP contribution in [0.3, 0.4) is 0 Å². The smallest absolute Gasteiger partial charge is 0.408 e. The molecule has 0 aliphatic carbocycles. The summed E-state index contributed by atoms with van der Waals surface area (Å²) < 4.78 is 23.6. The second-order valence-corrected chi connectivity index (χ2v) is 10.0. The molecule has 1 aromatic carbocycles. The average molecular weight is 521 g/mol. The summed E-state index contributed by atoms with van der Waals surface area (Å²) in [6, 6.07) is 9.55. The number of amides is 1. The first kappa shape index (κ1) is 26.1. The van der Waals surface area contributed by atoms with Crippen molar-refractivity contribution in [2.45, 2.75) is 66.1 Å². The lowest BCUT2D eigenvalue weighted by atomic mass is 9.99. The molecule has 0 aliphatic rings. The zero-order valence-corrected chi connectivity index (χ0v) is 20.7. The van der Waals surface area contributed by atoms with Crippen LogP contribution in [0.4, 0.5) is 4.79 Å². The Bertz CT molecular complexity index is 583. The number of carbonyl (C=O) groups is 1. The molecule has 0 radical (unpaired) electrons. The van der Waals surface area contributed by atoms with Gasteiger partial charge in [-0.05, 0) is 31.7 Å². The highest BCUT2D eigenvalue weighted by atomic mass is 127. The molecule has 0 heterocycles. The lowest BCUT2D eigenvalue weighted by Crippen LogP contribution is -2.45. The van der Waals surface area contributed by atoms with E-state index in [2.05, 4.69) is 48.7 Å². The van der Waals surface area contributed by atoms with E-state index in [1.54, 1.807) is 0 Å². The maximum atomic E-state index is 12.2. The molecule has 1 aromatic rings. The van der Waals surface area contributed by atoms with E-state index >= 15 is 0 Å². The molecule has 0 bridgehead atoms. The summed E-state index contributed by atoms with van der Waals surface area (Å²) in [6.07, 6.45) is -0.831. The van der Waals surface area contributed by atoms with Crippen molar-refractivity contribution in [2.75, 3.05) is 24.2 Å². The van der Waals surface area contributed by atoms with E-state index in [0.29, 0.717) is 24.2 Å². The van der Waals surface area contributed by atoms with Gasteiger partial charge in [0.1, 0.15) is 5.60 Å². The van der Waals surface area contributed by atoms with Crippen LogP contribution in [0.15, 0.2) is 30.3 Å². The number of alkyl halides is 1. The van der Waals surface area contributed by atoms with Gasteiger partial charge >= 0.3 is 6.09 Å². The van der Waals surface area contributed by atoms with Gasteiger partial charge in [-0.2, -0.15) is 0 Å². The SMILES string of the molecule is CC(C)(C)CO[C@H](CI)OCC(COCc1ccccc1)NC(=O)OC(C)(C)C. The third-order valence-corrected chi connectivity index (χ3v) is 4.18. The van der Waals surface area contributed by atoms with Gasteiger partial charge < -0.3 is 24.3 Å². The molecule has 0 aliphatic heterocycles. The van der Waals surface area contributed by atoms with Crippen molar-refractivity contribution in [2.24, 2.45) is 5.41 Å². The molecule has 1 N–H and O–H groups in total. The molecule has 0 saturated heterocycles. The van der Waals surface area contributed by atoms with E-state index in [1.165, 1.54) is 0 Å². The Morgan fingerprint density at radius 3 is 2.24 bits per heavy atom. The molecular formula is C22H36INO5. The number of ether oxygens (including phenoxy) is 4. The fourth-order valence-electron chi connectivity index (χ4n) is 2.20. The summed E-state index contributed by atoms with van der Waals surface area (Å²) >= 11 is 2.23. The van der Waals surface area contributed by atoms with Crippen LogP contribution in [-0.2, 0) is 25.6 Å². The molecule has 29 heavy (non-hydrogen) atoms. The highest BCUT2D eigenvalue weighted by Gasteiger charge is 2.22. The Hall–Kier alpha value is -0.900. The van der Waals surface area contributed by atoms with E-state index < -0.39 is 11.7 Å². The molecule has 166 valence electrons. The van der Waals surface area contributed by atoms with Gasteiger partial charge in [-0.3, -0.25) is 0 Å². The molecule has 0 saturated carbocycles. The summed E-state index contributed by atoms with van der Waals surface area (Å²) in [5.41, 5.74) is 0.560. The van der Waals surface area contributed by atoms with Crippen molar-refractivity contribution < 1.29 is 23.7 Å². The summed E-state index contributed by atoms with van der Waals surface area (Å²) in [5.74, 6) is 0. The van der Waals surface area contributed by atoms with Crippen LogP contribution in [0.1, 0.15) is 47.1 Å². The van der Waals surface area contributed by atoms with Crippen molar-refractivity contribution in [1.29, 1.82) is 0 Å². The highest BCUT2D eigenvalue weighted by Crippen LogP contribution is 2.15. The summed E-state index contributed by atoms with van der Waals surface area (Å²) in [6.45, 7) is 13.5. The largest absolute Gasteiger partial charge is 0.444 e. The van der Waals surface area contributed by atoms with E-state index in [9.17, 15) is 4.79 Å². The molecule has 7 heteroatoms. The minimum atomic E-state index is -0.569. The lowest BCUT2D eigenvalue weighted by molar-refractivity contribution is -0.147. The number of carbonyl (C=O) groups excluding carboxylic acids is 1.